The maximum absolute atomic E-state index is 5.96. The van der Waals surface area contributed by atoms with Crippen LogP contribution in [0, 0.1) is 6.92 Å². The molecule has 0 bridgehead atoms. The monoisotopic (exact) mass is 248 g/mol. The number of nitrogens with zero attached hydrogens (tertiary/aromatic N) is 1. The first kappa shape index (κ1) is 12.2. The van der Waals surface area contributed by atoms with Gasteiger partial charge in [0.05, 0.1) is 5.52 Å². The van der Waals surface area contributed by atoms with E-state index in [2.05, 4.69) is 36.3 Å². The number of aromatic nitrogens is 1. The van der Waals surface area contributed by atoms with E-state index in [0.29, 0.717) is 5.88 Å². The Bertz CT molecular complexity index is 535. The van der Waals surface area contributed by atoms with Gasteiger partial charge in [0.25, 0.3) is 0 Å². The Balaban J connectivity index is 2.53. The number of anilines is 1. The first-order valence-corrected chi connectivity index (χ1v) is 6.26. The summed E-state index contributed by atoms with van der Waals surface area (Å²) >= 11 is 5.96. The van der Waals surface area contributed by atoms with Crippen LogP contribution in [0.2, 0.25) is 0 Å². The Labute approximate surface area is 107 Å². The summed E-state index contributed by atoms with van der Waals surface area (Å²) in [7, 11) is 0. The molecule has 0 amide bonds. The van der Waals surface area contributed by atoms with Crippen LogP contribution in [0.1, 0.15) is 19.5 Å². The third-order valence-corrected chi connectivity index (χ3v) is 3.32. The fraction of sp³-hybridized carbons (Fsp3) is 0.357. The first-order valence-electron chi connectivity index (χ1n) is 5.72. The standard InChI is InChI=1S/C14H17ClN2/c1-10-8-13(17-14(2,3)9-15)11-6-4-5-7-12(11)16-10/h4-8H,9H2,1-3H3,(H,16,17). The molecule has 1 aromatic heterocycles. The molecule has 2 rings (SSSR count). The summed E-state index contributed by atoms with van der Waals surface area (Å²) in [4.78, 5) is 4.52. The molecule has 90 valence electrons. The van der Waals surface area contributed by atoms with E-state index in [0.717, 1.165) is 22.3 Å². The Morgan fingerprint density at radius 1 is 1.29 bits per heavy atom. The average molecular weight is 249 g/mol. The zero-order chi connectivity index (χ0) is 12.5. The highest BCUT2D eigenvalue weighted by Crippen LogP contribution is 2.26. The van der Waals surface area contributed by atoms with Crippen LogP contribution in [0.3, 0.4) is 0 Å². The molecule has 2 aromatic rings. The lowest BCUT2D eigenvalue weighted by Crippen LogP contribution is -2.32. The number of halogens is 1. The number of pyridine rings is 1. The molecule has 1 heterocycles. The van der Waals surface area contributed by atoms with Gasteiger partial charge in [0.2, 0.25) is 0 Å². The molecule has 0 saturated carbocycles. The summed E-state index contributed by atoms with van der Waals surface area (Å²) in [6.45, 7) is 6.18. The predicted octanol–water partition coefficient (Wildman–Crippen LogP) is 3.97. The van der Waals surface area contributed by atoms with Crippen molar-refractivity contribution < 1.29 is 0 Å². The number of hydrogen-bond acceptors (Lipinski definition) is 2. The molecule has 3 heteroatoms. The minimum atomic E-state index is -0.127. The van der Waals surface area contributed by atoms with Crippen molar-refractivity contribution in [3.63, 3.8) is 0 Å². The zero-order valence-electron chi connectivity index (χ0n) is 10.4. The number of nitrogens with one attached hydrogen (secondary N) is 1. The van der Waals surface area contributed by atoms with Crippen LogP contribution in [0.15, 0.2) is 30.3 Å². The van der Waals surface area contributed by atoms with Gasteiger partial charge in [0.1, 0.15) is 0 Å². The number of benzene rings is 1. The van der Waals surface area contributed by atoms with E-state index < -0.39 is 0 Å². The largest absolute Gasteiger partial charge is 0.378 e. The van der Waals surface area contributed by atoms with Gasteiger partial charge in [-0.15, -0.1) is 11.6 Å². The zero-order valence-corrected chi connectivity index (χ0v) is 11.2. The van der Waals surface area contributed by atoms with Gasteiger partial charge in [-0.05, 0) is 32.9 Å². The van der Waals surface area contributed by atoms with Crippen molar-refractivity contribution in [3.05, 3.63) is 36.0 Å². The van der Waals surface area contributed by atoms with E-state index in [4.69, 9.17) is 11.6 Å². The second-order valence-corrected chi connectivity index (χ2v) is 5.24. The lowest BCUT2D eigenvalue weighted by Gasteiger charge is -2.25. The normalized spacial score (nSPS) is 11.8. The van der Waals surface area contributed by atoms with E-state index in [1.807, 2.05) is 25.1 Å². The van der Waals surface area contributed by atoms with E-state index in [1.54, 1.807) is 0 Å². The molecule has 0 unspecified atom stereocenters. The number of hydrogen-bond donors (Lipinski definition) is 1. The maximum atomic E-state index is 5.96. The molecule has 0 aliphatic carbocycles. The molecule has 0 aliphatic heterocycles. The first-order chi connectivity index (χ1) is 8.02. The van der Waals surface area contributed by atoms with E-state index in [1.165, 1.54) is 0 Å². The molecule has 17 heavy (non-hydrogen) atoms. The van der Waals surface area contributed by atoms with Crippen LogP contribution in [0.4, 0.5) is 5.69 Å². The molecular weight excluding hydrogens is 232 g/mol. The molecule has 1 N–H and O–H groups in total. The van der Waals surface area contributed by atoms with Crippen LogP contribution in [0.25, 0.3) is 10.9 Å². The van der Waals surface area contributed by atoms with Crippen LogP contribution in [-0.2, 0) is 0 Å². The summed E-state index contributed by atoms with van der Waals surface area (Å²) in [6, 6.07) is 10.2. The highest BCUT2D eigenvalue weighted by molar-refractivity contribution is 6.18. The predicted molar refractivity (Wildman–Crippen MR) is 74.9 cm³/mol. The molecule has 0 aliphatic rings. The summed E-state index contributed by atoms with van der Waals surface area (Å²) in [6.07, 6.45) is 0. The SMILES string of the molecule is Cc1cc(NC(C)(C)CCl)c2ccccc2n1. The van der Waals surface area contributed by atoms with Crippen LogP contribution < -0.4 is 5.32 Å². The van der Waals surface area contributed by atoms with E-state index in [9.17, 15) is 0 Å². The Morgan fingerprint density at radius 2 is 2.00 bits per heavy atom. The van der Waals surface area contributed by atoms with Crippen molar-refractivity contribution in [1.82, 2.24) is 4.98 Å². The second kappa shape index (κ2) is 4.53. The van der Waals surface area contributed by atoms with Crippen molar-refractivity contribution in [2.24, 2.45) is 0 Å². The third-order valence-electron chi connectivity index (χ3n) is 2.65. The number of para-hydroxylation sites is 1. The van der Waals surface area contributed by atoms with E-state index >= 15 is 0 Å². The highest BCUT2D eigenvalue weighted by Gasteiger charge is 2.17. The summed E-state index contributed by atoms with van der Waals surface area (Å²) in [5.41, 5.74) is 2.99. The van der Waals surface area contributed by atoms with Gasteiger partial charge in [-0.1, -0.05) is 18.2 Å². The number of alkyl halides is 1. The Hall–Kier alpha value is -1.28. The second-order valence-electron chi connectivity index (χ2n) is 4.97. The van der Waals surface area contributed by atoms with Crippen molar-refractivity contribution >= 4 is 28.2 Å². The van der Waals surface area contributed by atoms with Crippen molar-refractivity contribution in [3.8, 4) is 0 Å². The summed E-state index contributed by atoms with van der Waals surface area (Å²) in [5, 5.41) is 4.62. The van der Waals surface area contributed by atoms with Crippen LogP contribution in [-0.4, -0.2) is 16.4 Å². The molecule has 0 spiro atoms. The van der Waals surface area contributed by atoms with Crippen molar-refractivity contribution in [2.45, 2.75) is 26.3 Å². The maximum Gasteiger partial charge on any atom is 0.0725 e. The van der Waals surface area contributed by atoms with Gasteiger partial charge in [-0.2, -0.15) is 0 Å². The topological polar surface area (TPSA) is 24.9 Å². The molecule has 0 atom stereocenters. The van der Waals surface area contributed by atoms with Crippen LogP contribution >= 0.6 is 11.6 Å². The number of fused-ring (bicyclic) bond motifs is 1. The fourth-order valence-corrected chi connectivity index (χ4v) is 1.88. The van der Waals surface area contributed by atoms with Gasteiger partial charge in [-0.25, -0.2) is 0 Å². The molecule has 0 fully saturated rings. The van der Waals surface area contributed by atoms with E-state index in [-0.39, 0.29) is 5.54 Å². The molecule has 1 aromatic carbocycles. The van der Waals surface area contributed by atoms with Gasteiger partial charge in [0, 0.05) is 28.2 Å². The average Bonchev–Trinajstić information content (AvgIpc) is 2.28. The van der Waals surface area contributed by atoms with Crippen LogP contribution in [0.5, 0.6) is 0 Å². The minimum Gasteiger partial charge on any atom is -0.378 e. The molecule has 0 radical (unpaired) electrons. The number of rotatable bonds is 3. The third kappa shape index (κ3) is 2.70. The minimum absolute atomic E-state index is 0.127. The molecular formula is C14H17ClN2. The molecule has 2 nitrogen and oxygen atoms in total. The summed E-state index contributed by atoms with van der Waals surface area (Å²) < 4.78 is 0. The van der Waals surface area contributed by atoms with Gasteiger partial charge in [0.15, 0.2) is 0 Å². The summed E-state index contributed by atoms with van der Waals surface area (Å²) in [5.74, 6) is 0.558. The molecule has 0 saturated heterocycles. The lowest BCUT2D eigenvalue weighted by atomic mass is 10.1. The van der Waals surface area contributed by atoms with Crippen molar-refractivity contribution in [1.29, 1.82) is 0 Å². The highest BCUT2D eigenvalue weighted by atomic mass is 35.5. The van der Waals surface area contributed by atoms with Crippen molar-refractivity contribution in [2.75, 3.05) is 11.2 Å². The smallest absolute Gasteiger partial charge is 0.0725 e. The van der Waals surface area contributed by atoms with Gasteiger partial charge >= 0.3 is 0 Å². The van der Waals surface area contributed by atoms with Gasteiger partial charge < -0.3 is 5.32 Å². The lowest BCUT2D eigenvalue weighted by molar-refractivity contribution is 0.642. The Morgan fingerprint density at radius 3 is 2.71 bits per heavy atom. The number of aryl methyl sites for hydroxylation is 1. The van der Waals surface area contributed by atoms with Gasteiger partial charge in [-0.3, -0.25) is 4.98 Å². The quantitative estimate of drug-likeness (QED) is 0.832. The fourth-order valence-electron chi connectivity index (χ4n) is 1.81. The Kier molecular flexibility index (Phi) is 3.25.